The zero-order valence-electron chi connectivity index (χ0n) is 6.37. The van der Waals surface area contributed by atoms with Crippen LogP contribution in [0.4, 0.5) is 0 Å². The van der Waals surface area contributed by atoms with Gasteiger partial charge in [0.05, 0.1) is 0 Å². The Morgan fingerprint density at radius 3 is 2.60 bits per heavy atom. The molecule has 3 heteroatoms. The van der Waals surface area contributed by atoms with Crippen LogP contribution in [0.3, 0.4) is 0 Å². The summed E-state index contributed by atoms with van der Waals surface area (Å²) in [7, 11) is 0. The largest absolute Gasteiger partial charge is 0.228 e. The molecule has 0 atom stereocenters. The smallest absolute Gasteiger partial charge is 0.145 e. The molecule has 1 heterocycles. The molecule has 2 nitrogen and oxygen atoms in total. The first-order chi connectivity index (χ1) is 4.88. The number of rotatable bonds is 3. The molecule has 0 saturated carbocycles. The maximum atomic E-state index is 4.19. The van der Waals surface area contributed by atoms with E-state index in [9.17, 15) is 0 Å². The van der Waals surface area contributed by atoms with Crippen LogP contribution in [0.15, 0.2) is 5.51 Å². The van der Waals surface area contributed by atoms with Crippen molar-refractivity contribution in [1.82, 2.24) is 9.36 Å². The predicted octanol–water partition coefficient (Wildman–Crippen LogP) is 2.44. The monoisotopic (exact) mass is 156 g/mol. The normalized spacial score (nSPS) is 10.7. The van der Waals surface area contributed by atoms with E-state index in [1.807, 2.05) is 0 Å². The maximum absolute atomic E-state index is 4.19. The molecule has 1 aromatic heterocycles. The van der Waals surface area contributed by atoms with Crippen LogP contribution in [0.25, 0.3) is 0 Å². The van der Waals surface area contributed by atoms with Crippen molar-refractivity contribution in [1.29, 1.82) is 0 Å². The Bertz CT molecular complexity index is 168. The summed E-state index contributed by atoms with van der Waals surface area (Å²) in [6, 6.07) is 0. The molecular weight excluding hydrogens is 144 g/mol. The zero-order chi connectivity index (χ0) is 7.40. The van der Waals surface area contributed by atoms with E-state index in [0.717, 1.165) is 18.7 Å². The Balaban J connectivity index is 2.64. The van der Waals surface area contributed by atoms with Crippen molar-refractivity contribution in [3.05, 3.63) is 11.3 Å². The van der Waals surface area contributed by atoms with Gasteiger partial charge in [-0.25, -0.2) is 4.98 Å². The van der Waals surface area contributed by atoms with Gasteiger partial charge in [-0.05, 0) is 24.4 Å². The SMILES string of the molecule is CCC(CC)c1ncsn1. The molecule has 0 unspecified atom stereocenters. The summed E-state index contributed by atoms with van der Waals surface area (Å²) in [4.78, 5) is 4.17. The third-order valence-corrected chi connectivity index (χ3v) is 2.22. The van der Waals surface area contributed by atoms with E-state index in [1.54, 1.807) is 5.51 Å². The predicted molar refractivity (Wildman–Crippen MR) is 43.2 cm³/mol. The molecule has 10 heavy (non-hydrogen) atoms. The van der Waals surface area contributed by atoms with E-state index in [4.69, 9.17) is 0 Å². The summed E-state index contributed by atoms with van der Waals surface area (Å²) in [5, 5.41) is 0. The van der Waals surface area contributed by atoms with Crippen molar-refractivity contribution in [3.8, 4) is 0 Å². The minimum absolute atomic E-state index is 0.575. The summed E-state index contributed by atoms with van der Waals surface area (Å²) < 4.78 is 4.19. The molecule has 0 N–H and O–H groups in total. The van der Waals surface area contributed by atoms with Gasteiger partial charge in [-0.15, -0.1) is 0 Å². The van der Waals surface area contributed by atoms with Gasteiger partial charge >= 0.3 is 0 Å². The molecule has 0 aromatic carbocycles. The van der Waals surface area contributed by atoms with Gasteiger partial charge < -0.3 is 0 Å². The summed E-state index contributed by atoms with van der Waals surface area (Å²) in [5.41, 5.74) is 1.80. The summed E-state index contributed by atoms with van der Waals surface area (Å²) in [6.45, 7) is 4.35. The van der Waals surface area contributed by atoms with E-state index < -0.39 is 0 Å². The fourth-order valence-corrected chi connectivity index (χ4v) is 1.52. The maximum Gasteiger partial charge on any atom is 0.145 e. The molecule has 0 aliphatic rings. The Morgan fingerprint density at radius 1 is 1.50 bits per heavy atom. The Hall–Kier alpha value is -0.440. The van der Waals surface area contributed by atoms with E-state index in [2.05, 4.69) is 23.2 Å². The first-order valence-corrected chi connectivity index (χ1v) is 4.48. The van der Waals surface area contributed by atoms with Crippen LogP contribution in [-0.2, 0) is 0 Å². The van der Waals surface area contributed by atoms with E-state index in [0.29, 0.717) is 5.92 Å². The molecular formula is C7H12N2S. The van der Waals surface area contributed by atoms with Gasteiger partial charge in [0.1, 0.15) is 11.3 Å². The quantitative estimate of drug-likeness (QED) is 0.671. The molecule has 1 aromatic rings. The number of hydrogen-bond donors (Lipinski definition) is 0. The highest BCUT2D eigenvalue weighted by Crippen LogP contribution is 2.19. The van der Waals surface area contributed by atoms with Crippen LogP contribution in [0.5, 0.6) is 0 Å². The molecule has 0 fully saturated rings. The standard InChI is InChI=1S/C7H12N2S/c1-3-6(4-2)7-8-5-10-9-7/h5-6H,3-4H2,1-2H3. The van der Waals surface area contributed by atoms with Gasteiger partial charge in [0.2, 0.25) is 0 Å². The Kier molecular flexibility index (Phi) is 2.81. The summed E-state index contributed by atoms with van der Waals surface area (Å²) in [5.74, 6) is 1.60. The molecule has 0 spiro atoms. The van der Waals surface area contributed by atoms with Crippen molar-refractivity contribution in [2.75, 3.05) is 0 Å². The van der Waals surface area contributed by atoms with Crippen molar-refractivity contribution >= 4 is 11.5 Å². The van der Waals surface area contributed by atoms with Crippen LogP contribution < -0.4 is 0 Å². The summed E-state index contributed by atoms with van der Waals surface area (Å²) >= 11 is 1.44. The van der Waals surface area contributed by atoms with Gasteiger partial charge in [-0.1, -0.05) is 13.8 Å². The van der Waals surface area contributed by atoms with Gasteiger partial charge in [-0.3, -0.25) is 0 Å². The third kappa shape index (κ3) is 1.53. The molecule has 0 aliphatic heterocycles. The second kappa shape index (κ2) is 3.66. The average Bonchev–Trinajstić information content (AvgIpc) is 2.43. The van der Waals surface area contributed by atoms with E-state index in [1.165, 1.54) is 11.5 Å². The molecule has 0 radical (unpaired) electrons. The summed E-state index contributed by atoms with van der Waals surface area (Å²) in [6.07, 6.45) is 2.29. The second-order valence-corrected chi connectivity index (χ2v) is 2.91. The van der Waals surface area contributed by atoms with Gasteiger partial charge in [0.25, 0.3) is 0 Å². The van der Waals surface area contributed by atoms with Crippen molar-refractivity contribution < 1.29 is 0 Å². The molecule has 0 bridgehead atoms. The van der Waals surface area contributed by atoms with E-state index in [-0.39, 0.29) is 0 Å². The first-order valence-electron chi connectivity index (χ1n) is 3.64. The van der Waals surface area contributed by atoms with Gasteiger partial charge in [0, 0.05) is 5.92 Å². The van der Waals surface area contributed by atoms with Gasteiger partial charge in [-0.2, -0.15) is 4.37 Å². The highest BCUT2D eigenvalue weighted by atomic mass is 32.1. The highest BCUT2D eigenvalue weighted by molar-refractivity contribution is 7.03. The Labute approximate surface area is 65.5 Å². The molecule has 1 rings (SSSR count). The van der Waals surface area contributed by atoms with Crippen LogP contribution in [0.2, 0.25) is 0 Å². The molecule has 0 amide bonds. The number of nitrogens with zero attached hydrogens (tertiary/aromatic N) is 2. The number of aromatic nitrogens is 2. The Morgan fingerprint density at radius 2 is 2.20 bits per heavy atom. The molecule has 0 aliphatic carbocycles. The first kappa shape index (κ1) is 7.66. The lowest BCUT2D eigenvalue weighted by Gasteiger charge is -2.05. The van der Waals surface area contributed by atoms with Gasteiger partial charge in [0.15, 0.2) is 0 Å². The fraction of sp³-hybridized carbons (Fsp3) is 0.714. The van der Waals surface area contributed by atoms with Crippen LogP contribution in [0, 0.1) is 0 Å². The topological polar surface area (TPSA) is 25.8 Å². The van der Waals surface area contributed by atoms with E-state index >= 15 is 0 Å². The van der Waals surface area contributed by atoms with Crippen LogP contribution in [-0.4, -0.2) is 9.36 Å². The average molecular weight is 156 g/mol. The lowest BCUT2D eigenvalue weighted by atomic mass is 10.0. The minimum Gasteiger partial charge on any atom is -0.228 e. The second-order valence-electron chi connectivity index (χ2n) is 2.30. The lowest BCUT2D eigenvalue weighted by Crippen LogP contribution is -1.96. The van der Waals surface area contributed by atoms with Crippen molar-refractivity contribution in [3.63, 3.8) is 0 Å². The fourth-order valence-electron chi connectivity index (χ4n) is 1.01. The van der Waals surface area contributed by atoms with Crippen molar-refractivity contribution in [2.45, 2.75) is 32.6 Å². The molecule has 0 saturated heterocycles. The number of hydrogen-bond acceptors (Lipinski definition) is 3. The third-order valence-electron chi connectivity index (χ3n) is 1.73. The van der Waals surface area contributed by atoms with Crippen LogP contribution in [0.1, 0.15) is 38.4 Å². The van der Waals surface area contributed by atoms with Crippen molar-refractivity contribution in [2.24, 2.45) is 0 Å². The lowest BCUT2D eigenvalue weighted by molar-refractivity contribution is 0.611. The van der Waals surface area contributed by atoms with Crippen LogP contribution >= 0.6 is 11.5 Å². The zero-order valence-corrected chi connectivity index (χ0v) is 7.19. The highest BCUT2D eigenvalue weighted by Gasteiger charge is 2.09. The molecule has 56 valence electrons. The minimum atomic E-state index is 0.575.